The molecule has 0 bridgehead atoms. The van der Waals surface area contributed by atoms with E-state index in [9.17, 15) is 14.7 Å². The fraction of sp³-hybridized carbons (Fsp3) is 0.529. The van der Waals surface area contributed by atoms with E-state index < -0.39 is 11.6 Å². The highest BCUT2D eigenvalue weighted by Crippen LogP contribution is 2.31. The quantitative estimate of drug-likeness (QED) is 0.925. The van der Waals surface area contributed by atoms with E-state index in [1.54, 1.807) is 11.8 Å². The lowest BCUT2D eigenvalue weighted by Gasteiger charge is -2.39. The van der Waals surface area contributed by atoms with Gasteiger partial charge in [0.1, 0.15) is 0 Å². The zero-order valence-corrected chi connectivity index (χ0v) is 13.3. The number of nitrogens with zero attached hydrogens (tertiary/aromatic N) is 1. The van der Waals surface area contributed by atoms with Gasteiger partial charge >= 0.3 is 5.97 Å². The maximum Gasteiger partial charge on any atom is 0.306 e. The first-order chi connectivity index (χ1) is 10.4. The summed E-state index contributed by atoms with van der Waals surface area (Å²) in [7, 11) is 1.53. The van der Waals surface area contributed by atoms with Crippen molar-refractivity contribution in [2.24, 2.45) is 11.8 Å². The Bertz CT molecular complexity index is 545. The molecule has 1 N–H and O–H groups in total. The van der Waals surface area contributed by atoms with E-state index in [1.807, 2.05) is 37.3 Å². The summed E-state index contributed by atoms with van der Waals surface area (Å²) in [5, 5.41) is 9.19. The van der Waals surface area contributed by atoms with Gasteiger partial charge in [-0.2, -0.15) is 0 Å². The van der Waals surface area contributed by atoms with E-state index in [0.717, 1.165) is 5.56 Å². The van der Waals surface area contributed by atoms with Crippen molar-refractivity contribution in [1.82, 2.24) is 4.90 Å². The predicted molar refractivity (Wildman–Crippen MR) is 82.3 cm³/mol. The minimum atomic E-state index is -1.04. The molecule has 0 spiro atoms. The molecule has 22 heavy (non-hydrogen) atoms. The first-order valence-electron chi connectivity index (χ1n) is 7.53. The van der Waals surface area contributed by atoms with Gasteiger partial charge in [-0.3, -0.25) is 9.59 Å². The van der Waals surface area contributed by atoms with E-state index in [2.05, 4.69) is 0 Å². The van der Waals surface area contributed by atoms with Crippen molar-refractivity contribution in [2.45, 2.75) is 25.9 Å². The Morgan fingerprint density at radius 3 is 2.45 bits per heavy atom. The zero-order chi connectivity index (χ0) is 16.3. The van der Waals surface area contributed by atoms with Crippen LogP contribution in [0.25, 0.3) is 0 Å². The molecule has 2 rings (SSSR count). The lowest BCUT2D eigenvalue weighted by molar-refractivity contribution is -0.160. The average Bonchev–Trinajstić information content (AvgIpc) is 2.53. The van der Waals surface area contributed by atoms with E-state index in [0.29, 0.717) is 19.5 Å². The largest absolute Gasteiger partial charge is 0.481 e. The maximum absolute atomic E-state index is 12.9. The van der Waals surface area contributed by atoms with Gasteiger partial charge in [-0.15, -0.1) is 0 Å². The minimum Gasteiger partial charge on any atom is -0.481 e. The Labute approximate surface area is 130 Å². The van der Waals surface area contributed by atoms with Crippen molar-refractivity contribution in [3.63, 3.8) is 0 Å². The molecule has 1 aliphatic heterocycles. The number of ether oxygens (including phenoxy) is 1. The van der Waals surface area contributed by atoms with Crippen molar-refractivity contribution in [3.05, 3.63) is 35.9 Å². The monoisotopic (exact) mass is 305 g/mol. The van der Waals surface area contributed by atoms with E-state index in [-0.39, 0.29) is 17.7 Å². The summed E-state index contributed by atoms with van der Waals surface area (Å²) in [6.45, 7) is 4.54. The van der Waals surface area contributed by atoms with Gasteiger partial charge in [0.25, 0.3) is 5.91 Å². The SMILES string of the molecule is COC(C)(C(=O)N1CCC(C(=O)O)C(C)C1)c1ccccc1. The maximum atomic E-state index is 12.9. The lowest BCUT2D eigenvalue weighted by Crippen LogP contribution is -2.52. The fourth-order valence-corrected chi connectivity index (χ4v) is 3.08. The van der Waals surface area contributed by atoms with Gasteiger partial charge in [0.05, 0.1) is 5.92 Å². The number of hydrogen-bond acceptors (Lipinski definition) is 3. The summed E-state index contributed by atoms with van der Waals surface area (Å²) in [4.78, 5) is 25.8. The highest BCUT2D eigenvalue weighted by molar-refractivity contribution is 5.86. The van der Waals surface area contributed by atoms with E-state index in [4.69, 9.17) is 4.74 Å². The normalized spacial score (nSPS) is 24.6. The number of carboxylic acids is 1. The van der Waals surface area contributed by atoms with Gasteiger partial charge in [-0.1, -0.05) is 37.3 Å². The molecule has 0 saturated carbocycles. The molecule has 3 unspecified atom stereocenters. The molecule has 1 heterocycles. The highest BCUT2D eigenvalue weighted by atomic mass is 16.5. The van der Waals surface area contributed by atoms with Gasteiger partial charge in [0.15, 0.2) is 5.60 Å². The summed E-state index contributed by atoms with van der Waals surface area (Å²) in [5.74, 6) is -1.34. The van der Waals surface area contributed by atoms with Crippen LogP contribution in [0.15, 0.2) is 30.3 Å². The molecule has 1 fully saturated rings. The minimum absolute atomic E-state index is 0.0629. The van der Waals surface area contributed by atoms with Crippen LogP contribution in [-0.4, -0.2) is 42.1 Å². The van der Waals surface area contributed by atoms with Crippen LogP contribution in [0.3, 0.4) is 0 Å². The Morgan fingerprint density at radius 2 is 1.95 bits per heavy atom. The summed E-state index contributed by atoms with van der Waals surface area (Å²) in [5.41, 5.74) is -0.243. The van der Waals surface area contributed by atoms with E-state index >= 15 is 0 Å². The Hall–Kier alpha value is -1.88. The van der Waals surface area contributed by atoms with Crippen LogP contribution in [0.4, 0.5) is 0 Å². The fourth-order valence-electron chi connectivity index (χ4n) is 3.08. The molecule has 5 heteroatoms. The third-order valence-corrected chi connectivity index (χ3v) is 4.65. The number of carboxylic acid groups (broad SMARTS) is 1. The molecular formula is C17H23NO4. The average molecular weight is 305 g/mol. The highest BCUT2D eigenvalue weighted by Gasteiger charge is 2.42. The second-order valence-electron chi connectivity index (χ2n) is 6.07. The van der Waals surface area contributed by atoms with Crippen LogP contribution < -0.4 is 0 Å². The van der Waals surface area contributed by atoms with Crippen LogP contribution in [0.1, 0.15) is 25.8 Å². The smallest absolute Gasteiger partial charge is 0.306 e. The van der Waals surface area contributed by atoms with Crippen LogP contribution in [0.5, 0.6) is 0 Å². The predicted octanol–water partition coefficient (Wildman–Crippen LogP) is 2.12. The Balaban J connectivity index is 2.18. The molecule has 3 atom stereocenters. The third kappa shape index (κ3) is 2.99. The van der Waals surface area contributed by atoms with Crippen LogP contribution in [0, 0.1) is 11.8 Å². The molecule has 0 aromatic heterocycles. The number of carbonyl (C=O) groups excluding carboxylic acids is 1. The first kappa shape index (κ1) is 16.5. The molecule has 0 radical (unpaired) electrons. The van der Waals surface area contributed by atoms with Gasteiger partial charge in [-0.05, 0) is 24.8 Å². The van der Waals surface area contributed by atoms with Gasteiger partial charge in [0, 0.05) is 20.2 Å². The van der Waals surface area contributed by atoms with Gasteiger partial charge < -0.3 is 14.7 Å². The summed E-state index contributed by atoms with van der Waals surface area (Å²) in [6.07, 6.45) is 0.483. The van der Waals surface area contributed by atoms with E-state index in [1.165, 1.54) is 7.11 Å². The van der Waals surface area contributed by atoms with Gasteiger partial charge in [-0.25, -0.2) is 0 Å². The zero-order valence-electron chi connectivity index (χ0n) is 13.3. The molecule has 5 nitrogen and oxygen atoms in total. The van der Waals surface area contributed by atoms with Crippen molar-refractivity contribution < 1.29 is 19.4 Å². The van der Waals surface area contributed by atoms with Crippen molar-refractivity contribution >= 4 is 11.9 Å². The Morgan fingerprint density at radius 1 is 1.32 bits per heavy atom. The number of likely N-dealkylation sites (tertiary alicyclic amines) is 1. The number of piperidine rings is 1. The molecule has 1 aromatic rings. The second-order valence-corrected chi connectivity index (χ2v) is 6.07. The van der Waals surface area contributed by atoms with Crippen LogP contribution in [0.2, 0.25) is 0 Å². The number of carbonyl (C=O) groups is 2. The third-order valence-electron chi connectivity index (χ3n) is 4.65. The van der Waals surface area contributed by atoms with Crippen LogP contribution in [-0.2, 0) is 19.9 Å². The summed E-state index contributed by atoms with van der Waals surface area (Å²) in [6, 6.07) is 9.38. The van der Waals surface area contributed by atoms with Crippen molar-refractivity contribution in [3.8, 4) is 0 Å². The molecule has 1 saturated heterocycles. The number of rotatable bonds is 4. The number of amides is 1. The molecule has 120 valence electrons. The number of aliphatic carboxylic acids is 1. The standard InChI is InChI=1S/C17H23NO4/c1-12-11-18(10-9-14(12)15(19)20)16(21)17(2,22-3)13-7-5-4-6-8-13/h4-8,12,14H,9-11H2,1-3H3,(H,19,20). The second kappa shape index (κ2) is 6.48. The molecular weight excluding hydrogens is 282 g/mol. The van der Waals surface area contributed by atoms with Crippen molar-refractivity contribution in [1.29, 1.82) is 0 Å². The first-order valence-corrected chi connectivity index (χ1v) is 7.53. The molecule has 1 amide bonds. The molecule has 1 aliphatic rings. The summed E-state index contributed by atoms with van der Waals surface area (Å²) >= 11 is 0. The van der Waals surface area contributed by atoms with Crippen molar-refractivity contribution in [2.75, 3.05) is 20.2 Å². The topological polar surface area (TPSA) is 66.8 Å². The lowest BCUT2D eigenvalue weighted by atomic mass is 9.85. The summed E-state index contributed by atoms with van der Waals surface area (Å²) < 4.78 is 5.54. The van der Waals surface area contributed by atoms with Crippen LogP contribution >= 0.6 is 0 Å². The Kier molecular flexibility index (Phi) is 4.86. The molecule has 0 aliphatic carbocycles. The van der Waals surface area contributed by atoms with Gasteiger partial charge in [0.2, 0.25) is 0 Å². The number of benzene rings is 1. The molecule has 1 aromatic carbocycles. The number of methoxy groups -OCH3 is 1. The number of hydrogen-bond donors (Lipinski definition) is 1.